The van der Waals surface area contributed by atoms with Gasteiger partial charge in [0.05, 0.1) is 17.4 Å². The normalized spacial score (nSPS) is 11.1. The Labute approximate surface area is 133 Å². The Kier molecular flexibility index (Phi) is 4.95. The van der Waals surface area contributed by atoms with Crippen molar-refractivity contribution >= 4 is 17.9 Å². The predicted molar refractivity (Wildman–Crippen MR) is 85.6 cm³/mol. The minimum Gasteiger partial charge on any atom is -0.507 e. The predicted octanol–water partition coefficient (Wildman–Crippen LogP) is 2.97. The molecule has 0 saturated heterocycles. The first-order valence-electron chi connectivity index (χ1n) is 7.05. The highest BCUT2D eigenvalue weighted by atomic mass is 16.5. The van der Waals surface area contributed by atoms with Crippen molar-refractivity contribution in [2.24, 2.45) is 4.99 Å². The topological polar surface area (TPSA) is 89.1 Å². The molecule has 0 fully saturated rings. The molecule has 0 bridgehead atoms. The molecule has 6 heteroatoms. The average Bonchev–Trinajstić information content (AvgIpc) is 2.46. The van der Waals surface area contributed by atoms with Crippen LogP contribution < -0.4 is 5.63 Å². The van der Waals surface area contributed by atoms with Gasteiger partial charge in [-0.25, -0.2) is 9.59 Å². The largest absolute Gasteiger partial charge is 0.507 e. The molecule has 0 radical (unpaired) electrons. The van der Waals surface area contributed by atoms with Gasteiger partial charge in [-0.05, 0) is 45.0 Å². The number of ether oxygens (including phenoxy) is 1. The van der Waals surface area contributed by atoms with Gasteiger partial charge in [0.15, 0.2) is 0 Å². The van der Waals surface area contributed by atoms with Gasteiger partial charge in [-0.15, -0.1) is 0 Å². The highest BCUT2D eigenvalue weighted by Gasteiger charge is 2.09. The fourth-order valence-corrected chi connectivity index (χ4v) is 1.83. The third kappa shape index (κ3) is 4.29. The zero-order valence-corrected chi connectivity index (χ0v) is 13.1. The summed E-state index contributed by atoms with van der Waals surface area (Å²) in [4.78, 5) is 27.5. The number of aliphatic imine (C=N–C) groups is 1. The van der Waals surface area contributed by atoms with Gasteiger partial charge >= 0.3 is 11.6 Å². The first kappa shape index (κ1) is 16.5. The lowest BCUT2D eigenvalue weighted by Gasteiger charge is -2.07. The Morgan fingerprint density at radius 2 is 1.96 bits per heavy atom. The number of hydrogen-bond acceptors (Lipinski definition) is 6. The van der Waals surface area contributed by atoms with Gasteiger partial charge in [0.1, 0.15) is 17.1 Å². The molecule has 23 heavy (non-hydrogen) atoms. The van der Waals surface area contributed by atoms with Crippen LogP contribution in [0.15, 0.2) is 44.5 Å². The third-order valence-electron chi connectivity index (χ3n) is 2.88. The van der Waals surface area contributed by atoms with E-state index < -0.39 is 11.6 Å². The van der Waals surface area contributed by atoms with E-state index >= 15 is 0 Å². The van der Waals surface area contributed by atoms with Crippen molar-refractivity contribution in [2.45, 2.75) is 26.9 Å². The molecule has 1 heterocycles. The van der Waals surface area contributed by atoms with E-state index in [-0.39, 0.29) is 17.4 Å². The summed E-state index contributed by atoms with van der Waals surface area (Å²) in [5, 5.41) is 9.74. The molecule has 0 unspecified atom stereocenters. The third-order valence-corrected chi connectivity index (χ3v) is 2.88. The van der Waals surface area contributed by atoms with Crippen LogP contribution in [0.3, 0.4) is 0 Å². The van der Waals surface area contributed by atoms with Crippen molar-refractivity contribution in [3.8, 4) is 5.75 Å². The van der Waals surface area contributed by atoms with Crippen LogP contribution in [-0.4, -0.2) is 23.4 Å². The van der Waals surface area contributed by atoms with Crippen molar-refractivity contribution in [3.63, 3.8) is 0 Å². The second-order valence-corrected chi connectivity index (χ2v) is 5.20. The van der Waals surface area contributed by atoms with E-state index in [1.165, 1.54) is 12.3 Å². The summed E-state index contributed by atoms with van der Waals surface area (Å²) in [7, 11) is 0. The number of rotatable bonds is 4. The Morgan fingerprint density at radius 3 is 2.52 bits per heavy atom. The van der Waals surface area contributed by atoms with Crippen molar-refractivity contribution in [2.75, 3.05) is 0 Å². The minimum atomic E-state index is -0.664. The number of benzene rings is 1. The number of carbonyl (C=O) groups excluding carboxylic acids is 1. The van der Waals surface area contributed by atoms with Crippen LogP contribution in [0.1, 0.15) is 35.5 Å². The number of carbonyl (C=O) groups is 1. The summed E-state index contributed by atoms with van der Waals surface area (Å²) in [5.74, 6) is -0.287. The van der Waals surface area contributed by atoms with Crippen LogP contribution in [-0.2, 0) is 4.74 Å². The molecule has 1 aromatic heterocycles. The molecule has 0 atom stereocenters. The number of aromatic hydroxyl groups is 1. The van der Waals surface area contributed by atoms with Crippen molar-refractivity contribution in [1.29, 1.82) is 0 Å². The van der Waals surface area contributed by atoms with Gasteiger partial charge in [-0.1, -0.05) is 0 Å². The molecule has 2 aromatic rings. The van der Waals surface area contributed by atoms with Gasteiger partial charge < -0.3 is 14.3 Å². The van der Waals surface area contributed by atoms with E-state index in [9.17, 15) is 14.7 Å². The van der Waals surface area contributed by atoms with Crippen LogP contribution in [0.4, 0.5) is 5.69 Å². The summed E-state index contributed by atoms with van der Waals surface area (Å²) in [6, 6.07) is 7.72. The van der Waals surface area contributed by atoms with E-state index in [2.05, 4.69) is 4.99 Å². The standard InChI is InChI=1S/C17H17NO5/c1-10(2)22-16(20)12-4-6-13(7-5-12)18-9-14-15(19)8-11(3)23-17(14)21/h4-10,19H,1-3H3. The molecule has 1 aromatic carbocycles. The number of esters is 1. The van der Waals surface area contributed by atoms with Crippen LogP contribution in [0.5, 0.6) is 5.75 Å². The molecule has 0 aliphatic rings. The molecule has 2 rings (SSSR count). The second kappa shape index (κ2) is 6.91. The highest BCUT2D eigenvalue weighted by Crippen LogP contribution is 2.17. The van der Waals surface area contributed by atoms with Gasteiger partial charge in [-0.2, -0.15) is 0 Å². The zero-order valence-electron chi connectivity index (χ0n) is 13.1. The fourth-order valence-electron chi connectivity index (χ4n) is 1.83. The lowest BCUT2D eigenvalue weighted by Crippen LogP contribution is -2.11. The Morgan fingerprint density at radius 1 is 1.30 bits per heavy atom. The van der Waals surface area contributed by atoms with Crippen LogP contribution in [0, 0.1) is 6.92 Å². The first-order valence-corrected chi connectivity index (χ1v) is 7.05. The van der Waals surface area contributed by atoms with E-state index in [0.29, 0.717) is 17.0 Å². The van der Waals surface area contributed by atoms with Gasteiger partial charge in [0, 0.05) is 12.3 Å². The monoisotopic (exact) mass is 315 g/mol. The number of aryl methyl sites for hydroxylation is 1. The van der Waals surface area contributed by atoms with Gasteiger partial charge in [-0.3, -0.25) is 4.99 Å². The Hall–Kier alpha value is -2.89. The molecule has 0 saturated carbocycles. The zero-order chi connectivity index (χ0) is 17.0. The number of nitrogens with zero attached hydrogens (tertiary/aromatic N) is 1. The minimum absolute atomic E-state index is 0.0288. The van der Waals surface area contributed by atoms with E-state index in [0.717, 1.165) is 0 Å². The summed E-state index contributed by atoms with van der Waals surface area (Å²) in [6.45, 7) is 5.11. The molecule has 0 amide bonds. The maximum absolute atomic E-state index is 11.7. The maximum atomic E-state index is 11.7. The van der Waals surface area contributed by atoms with Crippen molar-refractivity contribution in [3.05, 3.63) is 57.6 Å². The van der Waals surface area contributed by atoms with Crippen molar-refractivity contribution < 1.29 is 19.1 Å². The molecule has 120 valence electrons. The smallest absolute Gasteiger partial charge is 0.348 e. The molecule has 0 aliphatic heterocycles. The maximum Gasteiger partial charge on any atom is 0.348 e. The Balaban J connectivity index is 2.18. The van der Waals surface area contributed by atoms with Crippen molar-refractivity contribution in [1.82, 2.24) is 0 Å². The van der Waals surface area contributed by atoms with E-state index in [1.54, 1.807) is 45.0 Å². The van der Waals surface area contributed by atoms with Gasteiger partial charge in [0.25, 0.3) is 0 Å². The fraction of sp³-hybridized carbons (Fsp3) is 0.235. The molecular formula is C17H17NO5. The lowest BCUT2D eigenvalue weighted by molar-refractivity contribution is 0.0378. The molecule has 1 N–H and O–H groups in total. The Bertz CT molecular complexity index is 788. The second-order valence-electron chi connectivity index (χ2n) is 5.20. The SMILES string of the molecule is Cc1cc(O)c(C=Nc2ccc(C(=O)OC(C)C)cc2)c(=O)o1. The van der Waals surface area contributed by atoms with E-state index in [4.69, 9.17) is 9.15 Å². The van der Waals surface area contributed by atoms with E-state index in [1.807, 2.05) is 0 Å². The molecule has 0 spiro atoms. The van der Waals surface area contributed by atoms with Crippen LogP contribution in [0.25, 0.3) is 0 Å². The molecular weight excluding hydrogens is 298 g/mol. The average molecular weight is 315 g/mol. The summed E-state index contributed by atoms with van der Waals surface area (Å²) in [6.07, 6.45) is 1.03. The summed E-state index contributed by atoms with van der Waals surface area (Å²) < 4.78 is 9.98. The van der Waals surface area contributed by atoms with Crippen LogP contribution >= 0.6 is 0 Å². The number of hydrogen-bond donors (Lipinski definition) is 1. The lowest BCUT2D eigenvalue weighted by atomic mass is 10.2. The molecule has 6 nitrogen and oxygen atoms in total. The summed E-state index contributed by atoms with van der Waals surface area (Å²) in [5.41, 5.74) is 0.239. The highest BCUT2D eigenvalue weighted by molar-refractivity contribution is 5.90. The van der Waals surface area contributed by atoms with Crippen LogP contribution in [0.2, 0.25) is 0 Å². The first-order chi connectivity index (χ1) is 10.9. The van der Waals surface area contributed by atoms with Gasteiger partial charge in [0.2, 0.25) is 0 Å². The summed E-state index contributed by atoms with van der Waals surface area (Å²) >= 11 is 0. The molecule has 0 aliphatic carbocycles. The quantitative estimate of drug-likeness (QED) is 0.692.